The van der Waals surface area contributed by atoms with Gasteiger partial charge in [-0.1, -0.05) is 6.07 Å². The normalized spacial score (nSPS) is 13.4. The van der Waals surface area contributed by atoms with E-state index in [1.807, 2.05) is 15.7 Å². The van der Waals surface area contributed by atoms with Crippen molar-refractivity contribution in [3.8, 4) is 5.75 Å². The first-order valence-corrected chi connectivity index (χ1v) is 11.3. The number of nitrogens with one attached hydrogen (secondary N) is 2. The third-order valence-corrected chi connectivity index (χ3v) is 6.39. The van der Waals surface area contributed by atoms with E-state index in [-0.39, 0.29) is 10.6 Å². The molecule has 4 rings (SSSR count). The first-order chi connectivity index (χ1) is 15.3. The molecular weight excluding hydrogens is 434 g/mol. The number of carbonyl (C=O) groups is 1. The van der Waals surface area contributed by atoms with Crippen LogP contribution in [0.3, 0.4) is 0 Å². The Morgan fingerprint density at radius 3 is 2.66 bits per heavy atom. The molecule has 0 saturated heterocycles. The molecule has 1 aromatic heterocycles. The van der Waals surface area contributed by atoms with Crippen molar-refractivity contribution >= 4 is 39.1 Å². The van der Waals surface area contributed by atoms with Gasteiger partial charge in [-0.2, -0.15) is 9.71 Å². The molecule has 11 heteroatoms. The Morgan fingerprint density at radius 1 is 1.12 bits per heavy atom. The van der Waals surface area contributed by atoms with Gasteiger partial charge in [0.2, 0.25) is 16.0 Å². The number of carboxylic acid groups (broad SMARTS) is 1. The highest BCUT2D eigenvalue weighted by atomic mass is 32.2. The van der Waals surface area contributed by atoms with Crippen molar-refractivity contribution in [1.29, 1.82) is 0 Å². The van der Waals surface area contributed by atoms with E-state index in [1.54, 1.807) is 36.5 Å². The standard InChI is InChI=1S/C21H21N5O5S/c27-18-5-1-4-17-16(18)3-2-12-26(17)19-10-11-22-21(25-19)24-14-6-8-15(9-7-14)32(30,31)23-13-20(28)29/h1,4-11,23,27H,2-3,12-13H2,(H,28,29)(H,22,24,25). The fourth-order valence-electron chi connectivity index (χ4n) is 3.49. The Kier molecular flexibility index (Phi) is 5.93. The Hall–Kier alpha value is -3.70. The lowest BCUT2D eigenvalue weighted by molar-refractivity contribution is -0.135. The molecule has 0 saturated carbocycles. The summed E-state index contributed by atoms with van der Waals surface area (Å²) in [7, 11) is -3.92. The van der Waals surface area contributed by atoms with Crippen molar-refractivity contribution in [3.63, 3.8) is 0 Å². The van der Waals surface area contributed by atoms with E-state index in [2.05, 4.69) is 15.3 Å². The number of sulfonamides is 1. The molecule has 32 heavy (non-hydrogen) atoms. The second-order valence-electron chi connectivity index (χ2n) is 7.14. The van der Waals surface area contributed by atoms with E-state index in [9.17, 15) is 18.3 Å². The lowest BCUT2D eigenvalue weighted by atomic mass is 10.0. The number of phenols is 1. The zero-order chi connectivity index (χ0) is 22.7. The molecule has 10 nitrogen and oxygen atoms in total. The minimum absolute atomic E-state index is 0.0521. The van der Waals surface area contributed by atoms with Gasteiger partial charge < -0.3 is 20.4 Å². The highest BCUT2D eigenvalue weighted by Gasteiger charge is 2.22. The molecule has 2 heterocycles. The fourth-order valence-corrected chi connectivity index (χ4v) is 4.47. The number of benzene rings is 2. The van der Waals surface area contributed by atoms with Crippen molar-refractivity contribution in [2.24, 2.45) is 0 Å². The summed E-state index contributed by atoms with van der Waals surface area (Å²) in [5.74, 6) is 0.00318. The molecule has 0 aliphatic carbocycles. The maximum absolute atomic E-state index is 12.1. The van der Waals surface area contributed by atoms with Gasteiger partial charge in [0.15, 0.2) is 0 Å². The predicted molar refractivity (Wildman–Crippen MR) is 118 cm³/mol. The fraction of sp³-hybridized carbons (Fsp3) is 0.190. The lowest BCUT2D eigenvalue weighted by Crippen LogP contribution is -2.29. The molecule has 0 spiro atoms. The van der Waals surface area contributed by atoms with Crippen LogP contribution in [-0.2, 0) is 21.2 Å². The molecule has 4 N–H and O–H groups in total. The van der Waals surface area contributed by atoms with Crippen LogP contribution in [0, 0.1) is 0 Å². The monoisotopic (exact) mass is 455 g/mol. The highest BCUT2D eigenvalue weighted by Crippen LogP contribution is 2.37. The Morgan fingerprint density at radius 2 is 1.91 bits per heavy atom. The maximum atomic E-state index is 12.1. The van der Waals surface area contributed by atoms with E-state index in [1.165, 1.54) is 12.1 Å². The quantitative estimate of drug-likeness (QED) is 0.422. The number of aliphatic carboxylic acids is 1. The van der Waals surface area contributed by atoms with E-state index >= 15 is 0 Å². The van der Waals surface area contributed by atoms with Crippen molar-refractivity contribution in [2.45, 2.75) is 17.7 Å². The second-order valence-corrected chi connectivity index (χ2v) is 8.90. The van der Waals surface area contributed by atoms with Crippen molar-refractivity contribution in [1.82, 2.24) is 14.7 Å². The zero-order valence-corrected chi connectivity index (χ0v) is 17.7. The first-order valence-electron chi connectivity index (χ1n) is 9.83. The minimum Gasteiger partial charge on any atom is -0.508 e. The van der Waals surface area contributed by atoms with Crippen molar-refractivity contribution in [3.05, 3.63) is 60.3 Å². The number of fused-ring (bicyclic) bond motifs is 1. The second kappa shape index (κ2) is 8.81. The smallest absolute Gasteiger partial charge is 0.318 e. The number of phenolic OH excluding ortho intramolecular Hbond substituents is 1. The molecule has 0 atom stereocenters. The molecule has 0 fully saturated rings. The van der Waals surface area contributed by atoms with E-state index in [0.717, 1.165) is 30.6 Å². The van der Waals surface area contributed by atoms with Gasteiger partial charge >= 0.3 is 5.97 Å². The highest BCUT2D eigenvalue weighted by molar-refractivity contribution is 7.89. The van der Waals surface area contributed by atoms with Crippen LogP contribution in [0.25, 0.3) is 0 Å². The van der Waals surface area contributed by atoms with Crippen LogP contribution in [0.15, 0.2) is 59.6 Å². The van der Waals surface area contributed by atoms with Crippen molar-refractivity contribution < 1.29 is 23.4 Å². The topological polar surface area (TPSA) is 145 Å². The summed E-state index contributed by atoms with van der Waals surface area (Å²) in [6, 6.07) is 13.0. The minimum atomic E-state index is -3.92. The van der Waals surface area contributed by atoms with Crippen LogP contribution in [0.5, 0.6) is 5.75 Å². The number of aromatic nitrogens is 2. The summed E-state index contributed by atoms with van der Waals surface area (Å²) >= 11 is 0. The average molecular weight is 455 g/mol. The summed E-state index contributed by atoms with van der Waals surface area (Å²) < 4.78 is 26.2. The van der Waals surface area contributed by atoms with E-state index < -0.39 is 22.5 Å². The van der Waals surface area contributed by atoms with E-state index in [0.29, 0.717) is 17.5 Å². The Bertz CT molecular complexity index is 1250. The Balaban J connectivity index is 1.52. The van der Waals surface area contributed by atoms with Gasteiger partial charge in [-0.15, -0.1) is 0 Å². The summed E-state index contributed by atoms with van der Waals surface area (Å²) in [6.45, 7) is 0.0587. The molecule has 0 radical (unpaired) electrons. The third kappa shape index (κ3) is 4.63. The average Bonchev–Trinajstić information content (AvgIpc) is 2.78. The molecule has 1 aliphatic heterocycles. The number of anilines is 4. The number of rotatable bonds is 7. The van der Waals surface area contributed by atoms with Gasteiger partial charge in [0.1, 0.15) is 18.1 Å². The molecule has 2 aromatic carbocycles. The summed E-state index contributed by atoms with van der Waals surface area (Å²) in [5.41, 5.74) is 2.36. The zero-order valence-electron chi connectivity index (χ0n) is 16.9. The largest absolute Gasteiger partial charge is 0.508 e. The van der Waals surface area contributed by atoms with Crippen LogP contribution in [0.1, 0.15) is 12.0 Å². The Labute approximate surface area is 184 Å². The summed E-state index contributed by atoms with van der Waals surface area (Å²) in [5, 5.41) is 21.9. The van der Waals surface area contributed by atoms with Crippen LogP contribution in [0.2, 0.25) is 0 Å². The number of hydrogen-bond acceptors (Lipinski definition) is 8. The SMILES string of the molecule is O=C(O)CNS(=O)(=O)c1ccc(Nc2nccc(N3CCCc4c(O)cccc43)n2)cc1. The van der Waals surface area contributed by atoms with E-state index in [4.69, 9.17) is 5.11 Å². The number of hydrogen-bond donors (Lipinski definition) is 4. The molecule has 1 aliphatic rings. The van der Waals surface area contributed by atoms with Crippen molar-refractivity contribution in [2.75, 3.05) is 23.3 Å². The van der Waals surface area contributed by atoms with Crippen LogP contribution >= 0.6 is 0 Å². The van der Waals surface area contributed by atoms with Crippen LogP contribution in [0.4, 0.5) is 23.1 Å². The third-order valence-electron chi connectivity index (χ3n) is 4.98. The van der Waals surface area contributed by atoms with Gasteiger partial charge in [-0.3, -0.25) is 4.79 Å². The van der Waals surface area contributed by atoms with Gasteiger partial charge in [-0.25, -0.2) is 13.4 Å². The molecule has 3 aromatic rings. The molecule has 166 valence electrons. The van der Waals surface area contributed by atoms with Crippen LogP contribution < -0.4 is 14.9 Å². The van der Waals surface area contributed by atoms with Crippen LogP contribution in [-0.4, -0.2) is 47.7 Å². The van der Waals surface area contributed by atoms with Gasteiger partial charge in [-0.05, 0) is 55.3 Å². The molecule has 0 bridgehead atoms. The number of carboxylic acids is 1. The molecule has 0 unspecified atom stereocenters. The summed E-state index contributed by atoms with van der Waals surface area (Å²) in [6.07, 6.45) is 3.30. The van der Waals surface area contributed by atoms with Gasteiger partial charge in [0.25, 0.3) is 0 Å². The van der Waals surface area contributed by atoms with Gasteiger partial charge in [0, 0.05) is 29.7 Å². The first kappa shape index (κ1) is 21.5. The number of nitrogens with zero attached hydrogens (tertiary/aromatic N) is 3. The molecule has 0 amide bonds. The maximum Gasteiger partial charge on any atom is 0.318 e. The van der Waals surface area contributed by atoms with Gasteiger partial charge in [0.05, 0.1) is 4.90 Å². The number of aromatic hydroxyl groups is 1. The lowest BCUT2D eigenvalue weighted by Gasteiger charge is -2.30. The summed E-state index contributed by atoms with van der Waals surface area (Å²) in [4.78, 5) is 21.4. The predicted octanol–water partition coefficient (Wildman–Crippen LogP) is 2.37. The molecular formula is C21H21N5O5S.